The van der Waals surface area contributed by atoms with Crippen molar-refractivity contribution in [1.29, 1.82) is 0 Å². The second-order valence-electron chi connectivity index (χ2n) is 10.0. The summed E-state index contributed by atoms with van der Waals surface area (Å²) in [5.41, 5.74) is 6.16. The van der Waals surface area contributed by atoms with Gasteiger partial charge in [0.2, 0.25) is 0 Å². The molecule has 1 atom stereocenters. The number of amides is 2. The highest BCUT2D eigenvalue weighted by molar-refractivity contribution is 7.86. The molecule has 10 nitrogen and oxygen atoms in total. The van der Waals surface area contributed by atoms with Crippen LogP contribution in [0.4, 0.5) is 16.2 Å². The van der Waals surface area contributed by atoms with Crippen molar-refractivity contribution in [3.05, 3.63) is 45.4 Å². The maximum absolute atomic E-state index is 13.7. The molecule has 0 bridgehead atoms. The van der Waals surface area contributed by atoms with E-state index >= 15 is 0 Å². The van der Waals surface area contributed by atoms with Crippen LogP contribution < -0.4 is 14.1 Å². The van der Waals surface area contributed by atoms with Crippen LogP contribution in [0.25, 0.3) is 0 Å². The van der Waals surface area contributed by atoms with Crippen LogP contribution in [0, 0.1) is 12.1 Å². The Morgan fingerprint density at radius 3 is 2.26 bits per heavy atom. The Bertz CT molecular complexity index is 1220. The zero-order valence-corrected chi connectivity index (χ0v) is 21.4. The number of carbonyl (C=O) groups excluding carboxylic acids is 1. The third kappa shape index (κ3) is 4.24. The Morgan fingerprint density at radius 1 is 1.11 bits per heavy atom. The zero-order valence-electron chi connectivity index (χ0n) is 20.6. The summed E-state index contributed by atoms with van der Waals surface area (Å²) < 4.78 is 28.8. The second kappa shape index (κ2) is 9.20. The molecule has 2 aromatic rings. The van der Waals surface area contributed by atoms with Crippen molar-refractivity contribution in [2.45, 2.75) is 64.3 Å². The van der Waals surface area contributed by atoms with Crippen LogP contribution >= 0.6 is 0 Å². The number of nitrogens with zero attached hydrogens (tertiary/aromatic N) is 4. The molecule has 1 aromatic carbocycles. The van der Waals surface area contributed by atoms with Gasteiger partial charge < -0.3 is 10.1 Å². The summed E-state index contributed by atoms with van der Waals surface area (Å²) >= 11 is 0. The SMILES string of the molecule is Cc1c(N(C2CCN(C)CC2)S(=O)(=O)[NH+]([O-])C(=O)Nc2c3c(cc4c2CCC4)CCC3)cnn1C. The maximum atomic E-state index is 13.7. The molecule has 1 saturated heterocycles. The molecule has 2 N–H and O–H groups in total. The first-order valence-electron chi connectivity index (χ1n) is 12.4. The predicted molar refractivity (Wildman–Crippen MR) is 134 cm³/mol. The molecule has 190 valence electrons. The van der Waals surface area contributed by atoms with Gasteiger partial charge in [-0.05, 0) is 101 Å². The fraction of sp³-hybridized carbons (Fsp3) is 0.583. The zero-order chi connectivity index (χ0) is 24.9. The van der Waals surface area contributed by atoms with Crippen molar-refractivity contribution < 1.29 is 17.7 Å². The van der Waals surface area contributed by atoms with E-state index in [2.05, 4.69) is 21.4 Å². The summed E-state index contributed by atoms with van der Waals surface area (Å²) in [5.74, 6) is 0. The fourth-order valence-corrected chi connectivity index (χ4v) is 7.30. The Balaban J connectivity index is 1.47. The minimum atomic E-state index is -4.62. The van der Waals surface area contributed by atoms with Crippen LogP contribution in [0.1, 0.15) is 53.6 Å². The standard InChI is InChI=1S/C24H34N6O4S/c1-16-22(15-25-28(16)3)29(19-10-12-27(2)13-11-19)35(33,34)30(32)24(31)26-23-20-8-4-6-17(20)14-18-7-5-9-21(18)23/h14-15,19,30H,4-13H2,1-3H3,(H,26,31). The van der Waals surface area contributed by atoms with Gasteiger partial charge in [0.15, 0.2) is 0 Å². The summed E-state index contributed by atoms with van der Waals surface area (Å²) in [6.45, 7) is 3.18. The van der Waals surface area contributed by atoms with Gasteiger partial charge in [-0.3, -0.25) is 10.00 Å². The Labute approximate surface area is 206 Å². The molecule has 0 saturated carbocycles. The van der Waals surface area contributed by atoms with E-state index in [4.69, 9.17) is 0 Å². The van der Waals surface area contributed by atoms with Gasteiger partial charge in [0, 0.05) is 7.05 Å². The van der Waals surface area contributed by atoms with E-state index in [9.17, 15) is 18.4 Å². The molecule has 5 rings (SSSR count). The number of aromatic nitrogens is 2. The third-order valence-electron chi connectivity index (χ3n) is 7.86. The number of fused-ring (bicyclic) bond motifs is 2. The second-order valence-corrected chi connectivity index (χ2v) is 11.8. The lowest BCUT2D eigenvalue weighted by molar-refractivity contribution is -0.604. The largest absolute Gasteiger partial charge is 0.608 e. The molecular formula is C24H34N6O4S. The Hall–Kier alpha value is -2.47. The molecule has 2 aliphatic carbocycles. The number of piperidine rings is 1. The molecule has 1 unspecified atom stereocenters. The van der Waals surface area contributed by atoms with Crippen molar-refractivity contribution >= 4 is 27.6 Å². The van der Waals surface area contributed by atoms with Gasteiger partial charge in [-0.25, -0.2) is 9.10 Å². The summed E-state index contributed by atoms with van der Waals surface area (Å²) in [6.07, 6.45) is 8.15. The van der Waals surface area contributed by atoms with Gasteiger partial charge in [0.1, 0.15) is 0 Å². The van der Waals surface area contributed by atoms with Crippen LogP contribution in [0.2, 0.25) is 0 Å². The quantitative estimate of drug-likeness (QED) is 0.599. The highest BCUT2D eigenvalue weighted by atomic mass is 32.2. The first kappa shape index (κ1) is 24.2. The van der Waals surface area contributed by atoms with E-state index in [1.54, 1.807) is 18.7 Å². The van der Waals surface area contributed by atoms with Gasteiger partial charge in [-0.1, -0.05) is 6.07 Å². The summed E-state index contributed by atoms with van der Waals surface area (Å²) in [4.78, 5) is 15.4. The van der Waals surface area contributed by atoms with E-state index in [0.717, 1.165) is 54.0 Å². The summed E-state index contributed by atoms with van der Waals surface area (Å²) in [5, 5.41) is 20.3. The minimum Gasteiger partial charge on any atom is -0.608 e. The molecule has 1 fully saturated rings. The lowest BCUT2D eigenvalue weighted by Crippen LogP contribution is -3.14. The molecule has 35 heavy (non-hydrogen) atoms. The number of benzene rings is 1. The van der Waals surface area contributed by atoms with Crippen molar-refractivity contribution in [2.75, 3.05) is 29.8 Å². The van der Waals surface area contributed by atoms with Gasteiger partial charge >= 0.3 is 16.2 Å². The normalized spacial score (nSPS) is 19.4. The topological polar surface area (TPSA) is 115 Å². The van der Waals surface area contributed by atoms with Crippen LogP contribution in [-0.4, -0.2) is 55.3 Å². The number of rotatable bonds is 5. The number of anilines is 2. The smallest absolute Gasteiger partial charge is 0.436 e. The lowest BCUT2D eigenvalue weighted by atomic mass is 9.99. The van der Waals surface area contributed by atoms with Gasteiger partial charge in [0.05, 0.1) is 29.3 Å². The minimum absolute atomic E-state index is 0.352. The number of hydrogen-bond acceptors (Lipinski definition) is 6. The number of nitrogens with one attached hydrogen (secondary N) is 2. The van der Waals surface area contributed by atoms with E-state index in [1.165, 1.54) is 17.3 Å². The first-order valence-corrected chi connectivity index (χ1v) is 13.9. The molecule has 0 radical (unpaired) electrons. The molecule has 1 aromatic heterocycles. The van der Waals surface area contributed by atoms with Crippen LogP contribution in [0.15, 0.2) is 12.3 Å². The average Bonchev–Trinajstić information content (AvgIpc) is 3.56. The number of quaternary nitrogens is 1. The number of aryl methyl sites for hydroxylation is 3. The van der Waals surface area contributed by atoms with Crippen molar-refractivity contribution in [2.24, 2.45) is 7.05 Å². The fourth-order valence-electron chi connectivity index (χ4n) is 5.79. The Kier molecular flexibility index (Phi) is 6.37. The van der Waals surface area contributed by atoms with Crippen LogP contribution in [0.5, 0.6) is 0 Å². The average molecular weight is 503 g/mol. The number of hydrogen-bond donors (Lipinski definition) is 2. The van der Waals surface area contributed by atoms with E-state index in [-0.39, 0.29) is 0 Å². The van der Waals surface area contributed by atoms with E-state index in [1.807, 2.05) is 7.05 Å². The monoisotopic (exact) mass is 502 g/mol. The highest BCUT2D eigenvalue weighted by Crippen LogP contribution is 2.38. The van der Waals surface area contributed by atoms with Crippen molar-refractivity contribution in [1.82, 2.24) is 14.7 Å². The molecule has 3 aliphatic rings. The number of urea groups is 1. The molecule has 11 heteroatoms. The van der Waals surface area contributed by atoms with E-state index in [0.29, 0.717) is 43.0 Å². The maximum Gasteiger partial charge on any atom is 0.436 e. The number of hydroxylamine groups is 1. The first-order chi connectivity index (χ1) is 16.7. The highest BCUT2D eigenvalue weighted by Gasteiger charge is 2.41. The number of likely N-dealkylation sites (tertiary alicyclic amines) is 1. The Morgan fingerprint density at radius 2 is 1.71 bits per heavy atom. The molecule has 0 spiro atoms. The summed E-state index contributed by atoms with van der Waals surface area (Å²) in [6, 6.07) is 0.728. The van der Waals surface area contributed by atoms with Crippen molar-refractivity contribution in [3.8, 4) is 0 Å². The van der Waals surface area contributed by atoms with Gasteiger partial charge in [-0.15, -0.1) is 0 Å². The third-order valence-corrected chi connectivity index (χ3v) is 9.52. The predicted octanol–water partition coefficient (Wildman–Crippen LogP) is 1.47. The van der Waals surface area contributed by atoms with Gasteiger partial charge in [0.25, 0.3) is 0 Å². The van der Waals surface area contributed by atoms with E-state index < -0.39 is 26.8 Å². The number of carbonyl (C=O) groups is 1. The van der Waals surface area contributed by atoms with Crippen LogP contribution in [-0.2, 0) is 42.9 Å². The van der Waals surface area contributed by atoms with Crippen LogP contribution in [0.3, 0.4) is 0 Å². The molecular weight excluding hydrogens is 468 g/mol. The lowest BCUT2D eigenvalue weighted by Gasteiger charge is -2.38. The molecule has 2 heterocycles. The van der Waals surface area contributed by atoms with Crippen molar-refractivity contribution in [3.63, 3.8) is 0 Å². The molecule has 2 amide bonds. The van der Waals surface area contributed by atoms with Gasteiger partial charge in [-0.2, -0.15) is 18.0 Å². The summed E-state index contributed by atoms with van der Waals surface area (Å²) in [7, 11) is -0.906. The molecule has 1 aliphatic heterocycles.